The zero-order valence-corrected chi connectivity index (χ0v) is 12.1. The zero-order chi connectivity index (χ0) is 15.6. The van der Waals surface area contributed by atoms with Gasteiger partial charge in [0.05, 0.1) is 12.1 Å². The summed E-state index contributed by atoms with van der Waals surface area (Å²) in [6.07, 6.45) is 0.620. The number of ketones is 2. The van der Waals surface area contributed by atoms with Crippen molar-refractivity contribution in [2.24, 2.45) is 0 Å². The van der Waals surface area contributed by atoms with Gasteiger partial charge in [-0.05, 0) is 13.3 Å². The van der Waals surface area contributed by atoms with Crippen LogP contribution < -0.4 is 0 Å². The van der Waals surface area contributed by atoms with Crippen molar-refractivity contribution in [1.29, 1.82) is 0 Å². The first-order chi connectivity index (χ1) is 10.5. The summed E-state index contributed by atoms with van der Waals surface area (Å²) in [6, 6.07) is 0. The maximum atomic E-state index is 12.6. The van der Waals surface area contributed by atoms with Crippen LogP contribution in [0.3, 0.4) is 0 Å². The predicted octanol–water partition coefficient (Wildman–Crippen LogP) is 0.814. The van der Waals surface area contributed by atoms with Crippen LogP contribution in [0.2, 0.25) is 0 Å². The van der Waals surface area contributed by atoms with E-state index in [9.17, 15) is 14.4 Å². The number of hydrogen-bond acceptors (Lipinski definition) is 5. The first-order valence-corrected chi connectivity index (χ1v) is 7.36. The number of rotatable bonds is 3. The molecule has 1 fully saturated rings. The molecule has 114 valence electrons. The monoisotopic (exact) mass is 301 g/mol. The molecule has 2 aliphatic heterocycles. The van der Waals surface area contributed by atoms with Crippen molar-refractivity contribution < 1.29 is 19.5 Å². The molecular weight excluding hydrogens is 286 g/mol. The topological polar surface area (TPSA) is 92.3 Å². The van der Waals surface area contributed by atoms with Gasteiger partial charge in [0.15, 0.2) is 0 Å². The molecule has 0 amide bonds. The van der Waals surface area contributed by atoms with Gasteiger partial charge >= 0.3 is 5.97 Å². The molecule has 1 aliphatic carbocycles. The van der Waals surface area contributed by atoms with Crippen molar-refractivity contribution in [1.82, 2.24) is 14.5 Å². The molecule has 1 aromatic heterocycles. The lowest BCUT2D eigenvalue weighted by molar-refractivity contribution is -0.137. The highest BCUT2D eigenvalue weighted by molar-refractivity contribution is 6.25. The van der Waals surface area contributed by atoms with E-state index in [-0.39, 0.29) is 29.6 Å². The molecule has 0 radical (unpaired) electrons. The Hall–Kier alpha value is -2.44. The molecule has 0 spiro atoms. The van der Waals surface area contributed by atoms with Crippen LogP contribution in [-0.4, -0.2) is 50.2 Å². The van der Waals surface area contributed by atoms with Crippen LogP contribution in [0, 0.1) is 0 Å². The van der Waals surface area contributed by atoms with Gasteiger partial charge in [-0.25, -0.2) is 4.98 Å². The molecule has 1 N–H and O–H groups in total. The van der Waals surface area contributed by atoms with Crippen LogP contribution in [-0.2, 0) is 11.3 Å². The van der Waals surface area contributed by atoms with Gasteiger partial charge in [0, 0.05) is 31.1 Å². The average Bonchev–Trinajstić information content (AvgIpc) is 3.09. The summed E-state index contributed by atoms with van der Waals surface area (Å²) in [7, 11) is 0. The quantitative estimate of drug-likeness (QED) is 0.831. The third-order valence-electron chi connectivity index (χ3n) is 4.59. The number of carbonyl (C=O) groups excluding carboxylic acids is 2. The maximum absolute atomic E-state index is 12.6. The Labute approximate surface area is 126 Å². The summed E-state index contributed by atoms with van der Waals surface area (Å²) in [5, 5.41) is 8.99. The summed E-state index contributed by atoms with van der Waals surface area (Å²) >= 11 is 0. The van der Waals surface area contributed by atoms with E-state index < -0.39 is 5.97 Å². The van der Waals surface area contributed by atoms with Crippen molar-refractivity contribution in [3.8, 4) is 0 Å². The molecule has 1 unspecified atom stereocenters. The second kappa shape index (κ2) is 4.28. The van der Waals surface area contributed by atoms with Crippen molar-refractivity contribution in [2.75, 3.05) is 13.1 Å². The molecule has 1 atom stereocenters. The molecule has 7 heteroatoms. The molecule has 4 rings (SSSR count). The van der Waals surface area contributed by atoms with Gasteiger partial charge in [0.25, 0.3) is 0 Å². The summed E-state index contributed by atoms with van der Waals surface area (Å²) < 4.78 is 1.74. The molecule has 7 nitrogen and oxygen atoms in total. The van der Waals surface area contributed by atoms with E-state index >= 15 is 0 Å². The zero-order valence-electron chi connectivity index (χ0n) is 12.1. The Morgan fingerprint density at radius 1 is 1.27 bits per heavy atom. The lowest BCUT2D eigenvalue weighted by Crippen LogP contribution is -2.26. The summed E-state index contributed by atoms with van der Waals surface area (Å²) in [4.78, 5) is 42.5. The van der Waals surface area contributed by atoms with Gasteiger partial charge in [-0.2, -0.15) is 0 Å². The second-order valence-corrected chi connectivity index (χ2v) is 6.02. The fourth-order valence-corrected chi connectivity index (χ4v) is 3.44. The summed E-state index contributed by atoms with van der Waals surface area (Å²) in [6.45, 7) is 3.80. The number of nitrogens with zero attached hydrogens (tertiary/aromatic N) is 3. The van der Waals surface area contributed by atoms with Gasteiger partial charge in [0.2, 0.25) is 11.6 Å². The van der Waals surface area contributed by atoms with Gasteiger partial charge < -0.3 is 14.6 Å². The number of aliphatic carboxylic acids is 1. The van der Waals surface area contributed by atoms with Crippen molar-refractivity contribution in [3.05, 3.63) is 28.5 Å². The molecular formula is C15H15N3O4. The third kappa shape index (κ3) is 1.68. The van der Waals surface area contributed by atoms with Crippen molar-refractivity contribution in [2.45, 2.75) is 32.2 Å². The van der Waals surface area contributed by atoms with Gasteiger partial charge in [-0.1, -0.05) is 0 Å². The van der Waals surface area contributed by atoms with Gasteiger partial charge in [-0.3, -0.25) is 14.4 Å². The molecule has 0 aromatic carbocycles. The minimum Gasteiger partial charge on any atom is -0.481 e. The molecule has 1 aromatic rings. The van der Waals surface area contributed by atoms with E-state index in [4.69, 9.17) is 5.11 Å². The first kappa shape index (κ1) is 13.2. The largest absolute Gasteiger partial charge is 0.481 e. The lowest BCUT2D eigenvalue weighted by Gasteiger charge is -2.17. The minimum atomic E-state index is -0.892. The van der Waals surface area contributed by atoms with Gasteiger partial charge in [0.1, 0.15) is 17.2 Å². The number of carbonyl (C=O) groups is 3. The minimum absolute atomic E-state index is 0.0241. The third-order valence-corrected chi connectivity index (χ3v) is 4.59. The molecule has 0 bridgehead atoms. The van der Waals surface area contributed by atoms with E-state index in [1.165, 1.54) is 0 Å². The maximum Gasteiger partial charge on any atom is 0.304 e. The second-order valence-electron chi connectivity index (χ2n) is 6.02. The number of hydrogen-bond donors (Lipinski definition) is 1. The molecule has 3 aliphatic rings. The van der Waals surface area contributed by atoms with E-state index in [1.54, 1.807) is 11.5 Å². The van der Waals surface area contributed by atoms with Gasteiger partial charge in [-0.15, -0.1) is 0 Å². The number of carboxylic acids is 1. The van der Waals surface area contributed by atoms with Crippen LogP contribution >= 0.6 is 0 Å². The number of imidazole rings is 1. The average molecular weight is 301 g/mol. The Kier molecular flexibility index (Phi) is 2.58. The fourth-order valence-electron chi connectivity index (χ4n) is 3.44. The highest BCUT2D eigenvalue weighted by Crippen LogP contribution is 2.37. The molecule has 22 heavy (non-hydrogen) atoms. The lowest BCUT2D eigenvalue weighted by atomic mass is 9.95. The first-order valence-electron chi connectivity index (χ1n) is 7.36. The van der Waals surface area contributed by atoms with E-state index in [0.717, 1.165) is 13.1 Å². The predicted molar refractivity (Wildman–Crippen MR) is 74.8 cm³/mol. The normalized spacial score (nSPS) is 23.0. The SMILES string of the molecule is CC1=C(N2CC2)C(=O)c2nc3n(c2C1=O)CCC3CC(=O)O. The highest BCUT2D eigenvalue weighted by Gasteiger charge is 2.42. The number of allylic oxidation sites excluding steroid dienone is 2. The van der Waals surface area contributed by atoms with Crippen LogP contribution in [0.25, 0.3) is 0 Å². The smallest absolute Gasteiger partial charge is 0.304 e. The number of aromatic nitrogens is 2. The molecule has 3 heterocycles. The number of Topliss-reactive ketones (excluding diaryl/α,β-unsaturated/α-hetero) is 2. The Morgan fingerprint density at radius 2 is 2.00 bits per heavy atom. The molecule has 0 saturated carbocycles. The Bertz CT molecular complexity index is 770. The molecule has 1 saturated heterocycles. The Morgan fingerprint density at radius 3 is 2.64 bits per heavy atom. The van der Waals surface area contributed by atoms with Crippen molar-refractivity contribution in [3.63, 3.8) is 0 Å². The van der Waals surface area contributed by atoms with Crippen LogP contribution in [0.5, 0.6) is 0 Å². The van der Waals surface area contributed by atoms with E-state index in [0.29, 0.717) is 35.8 Å². The van der Waals surface area contributed by atoms with Crippen LogP contribution in [0.4, 0.5) is 0 Å². The standard InChI is InChI=1S/C15H15N3O4/c1-7-11(17-4-5-17)14(22)10-12(13(7)21)18-3-2-8(6-9(19)20)15(18)16-10/h8H,2-6H2,1H3,(H,19,20). The number of carboxylic acid groups (broad SMARTS) is 1. The van der Waals surface area contributed by atoms with Crippen LogP contribution in [0.15, 0.2) is 11.3 Å². The van der Waals surface area contributed by atoms with Crippen LogP contribution in [0.1, 0.15) is 52.5 Å². The fraction of sp³-hybridized carbons (Fsp3) is 0.467. The summed E-state index contributed by atoms with van der Waals surface area (Å²) in [5.41, 5.74) is 1.47. The van der Waals surface area contributed by atoms with E-state index in [1.807, 2.05) is 4.90 Å². The van der Waals surface area contributed by atoms with Crippen molar-refractivity contribution >= 4 is 17.5 Å². The Balaban J connectivity index is 1.81. The summed E-state index contributed by atoms with van der Waals surface area (Å²) in [5.74, 6) is -0.925. The highest BCUT2D eigenvalue weighted by atomic mass is 16.4. The van der Waals surface area contributed by atoms with E-state index in [2.05, 4.69) is 4.98 Å². The number of fused-ring (bicyclic) bond motifs is 3.